The Hall–Kier alpha value is -2.95. The summed E-state index contributed by atoms with van der Waals surface area (Å²) in [4.78, 5) is 37.9. The number of carbonyl (C=O) groups is 1. The first kappa shape index (κ1) is 21.9. The van der Waals surface area contributed by atoms with Crippen molar-refractivity contribution in [1.29, 1.82) is 0 Å². The van der Waals surface area contributed by atoms with Crippen molar-refractivity contribution in [2.24, 2.45) is 0 Å². The summed E-state index contributed by atoms with van der Waals surface area (Å²) in [5.41, 5.74) is 1.74. The Balaban J connectivity index is 1.59. The zero-order valence-electron chi connectivity index (χ0n) is 18.4. The molecule has 2 saturated heterocycles. The van der Waals surface area contributed by atoms with Gasteiger partial charge >= 0.3 is 0 Å². The van der Waals surface area contributed by atoms with E-state index in [2.05, 4.69) is 16.8 Å². The number of hydrogen-bond donors (Lipinski definition) is 0. The zero-order chi connectivity index (χ0) is 23.1. The highest BCUT2D eigenvalue weighted by Crippen LogP contribution is 2.34. The molecule has 5 rings (SSSR count). The minimum Gasteiger partial charge on any atom is -0.467 e. The first-order chi connectivity index (χ1) is 15.9. The minimum atomic E-state index is -0.237. The zero-order valence-corrected chi connectivity index (χ0v) is 20.0. The Morgan fingerprint density at radius 1 is 1.18 bits per heavy atom. The smallest absolute Gasteiger partial charge is 0.267 e. The second-order valence-corrected chi connectivity index (χ2v) is 9.90. The van der Waals surface area contributed by atoms with Crippen molar-refractivity contribution in [3.8, 4) is 0 Å². The number of hydrogen-bond acceptors (Lipinski definition) is 8. The predicted molar refractivity (Wildman–Crippen MR) is 133 cm³/mol. The number of furan rings is 1. The van der Waals surface area contributed by atoms with Gasteiger partial charge in [0.05, 0.1) is 23.3 Å². The number of aromatic nitrogens is 2. The molecule has 0 aromatic carbocycles. The summed E-state index contributed by atoms with van der Waals surface area (Å²) in [5.74, 6) is 1.02. The lowest BCUT2D eigenvalue weighted by Crippen LogP contribution is -2.45. The fraction of sp³-hybridized carbons (Fsp3) is 0.304. The van der Waals surface area contributed by atoms with Crippen LogP contribution in [-0.4, -0.2) is 62.6 Å². The number of anilines is 1. The van der Waals surface area contributed by atoms with Crippen molar-refractivity contribution in [2.75, 3.05) is 38.1 Å². The van der Waals surface area contributed by atoms with E-state index in [1.165, 1.54) is 16.7 Å². The van der Waals surface area contributed by atoms with Crippen LogP contribution in [0, 0.1) is 6.92 Å². The summed E-state index contributed by atoms with van der Waals surface area (Å²) in [5, 5.41) is 0. The van der Waals surface area contributed by atoms with Crippen LogP contribution in [0.4, 0.5) is 5.82 Å². The maximum Gasteiger partial charge on any atom is 0.267 e. The van der Waals surface area contributed by atoms with Crippen LogP contribution in [0.3, 0.4) is 0 Å². The summed E-state index contributed by atoms with van der Waals surface area (Å²) < 4.78 is 7.36. The van der Waals surface area contributed by atoms with E-state index in [-0.39, 0.29) is 18.0 Å². The van der Waals surface area contributed by atoms with Crippen molar-refractivity contribution >= 4 is 51.7 Å². The van der Waals surface area contributed by atoms with Crippen LogP contribution >= 0.6 is 24.0 Å². The third-order valence-corrected chi connectivity index (χ3v) is 7.21. The second-order valence-electron chi connectivity index (χ2n) is 8.23. The first-order valence-electron chi connectivity index (χ1n) is 10.6. The Morgan fingerprint density at radius 3 is 2.70 bits per heavy atom. The number of aryl methyl sites for hydroxylation is 1. The van der Waals surface area contributed by atoms with Gasteiger partial charge in [-0.15, -0.1) is 0 Å². The van der Waals surface area contributed by atoms with Crippen LogP contribution in [0.25, 0.3) is 11.7 Å². The van der Waals surface area contributed by atoms with Crippen molar-refractivity contribution in [1.82, 2.24) is 19.2 Å². The molecule has 3 aromatic rings. The van der Waals surface area contributed by atoms with Gasteiger partial charge in [-0.05, 0) is 43.8 Å². The number of carbonyl (C=O) groups excluding carboxylic acids is 1. The normalized spacial score (nSPS) is 18.8. The molecule has 0 aliphatic carbocycles. The molecule has 0 spiro atoms. The van der Waals surface area contributed by atoms with Gasteiger partial charge in [-0.3, -0.25) is 18.9 Å². The first-order valence-corrected chi connectivity index (χ1v) is 11.9. The maximum absolute atomic E-state index is 13.6. The molecule has 0 saturated carbocycles. The van der Waals surface area contributed by atoms with E-state index in [9.17, 15) is 9.59 Å². The summed E-state index contributed by atoms with van der Waals surface area (Å²) in [7, 11) is 2.08. The minimum absolute atomic E-state index is 0.200. The van der Waals surface area contributed by atoms with Crippen LogP contribution in [0.1, 0.15) is 16.9 Å². The highest BCUT2D eigenvalue weighted by atomic mass is 32.2. The van der Waals surface area contributed by atoms with Crippen LogP contribution < -0.4 is 10.5 Å². The molecule has 10 heteroatoms. The summed E-state index contributed by atoms with van der Waals surface area (Å²) >= 11 is 6.65. The van der Waals surface area contributed by atoms with E-state index >= 15 is 0 Å². The second kappa shape index (κ2) is 8.77. The van der Waals surface area contributed by atoms with Crippen LogP contribution in [-0.2, 0) is 11.3 Å². The number of thioether (sulfide) groups is 1. The molecular formula is C23H23N5O3S2. The van der Waals surface area contributed by atoms with Crippen molar-refractivity contribution in [2.45, 2.75) is 13.5 Å². The lowest BCUT2D eigenvalue weighted by atomic mass is 10.2. The summed E-state index contributed by atoms with van der Waals surface area (Å²) in [6.07, 6.45) is 4.99. The molecule has 0 unspecified atom stereocenters. The number of thiocarbonyl (C=S) groups is 1. The molecule has 8 nitrogen and oxygen atoms in total. The molecule has 1 amide bonds. The number of amides is 1. The number of likely N-dealkylation sites (N-methyl/N-ethyl adjacent to an activating group) is 1. The van der Waals surface area contributed by atoms with Crippen LogP contribution in [0.15, 0.2) is 50.8 Å². The average molecular weight is 482 g/mol. The van der Waals surface area contributed by atoms with E-state index in [4.69, 9.17) is 21.6 Å². The van der Waals surface area contributed by atoms with Gasteiger partial charge in [0.2, 0.25) is 0 Å². The van der Waals surface area contributed by atoms with E-state index in [1.54, 1.807) is 35.1 Å². The van der Waals surface area contributed by atoms with Gasteiger partial charge in [0.15, 0.2) is 0 Å². The SMILES string of the molecule is Cc1ccc2nc(N3CCN(C)CC3)c(C=C3SC(=S)N(Cc4ccco4)C3=O)c(=O)n2c1. The topological polar surface area (TPSA) is 74.3 Å². The van der Waals surface area contributed by atoms with Gasteiger partial charge in [-0.25, -0.2) is 4.98 Å². The Morgan fingerprint density at radius 2 is 1.97 bits per heavy atom. The summed E-state index contributed by atoms with van der Waals surface area (Å²) in [6, 6.07) is 7.36. The number of pyridine rings is 1. The average Bonchev–Trinajstić information content (AvgIpc) is 3.41. The van der Waals surface area contributed by atoms with Crippen LogP contribution in [0.5, 0.6) is 0 Å². The molecule has 2 aliphatic rings. The van der Waals surface area contributed by atoms with Gasteiger partial charge in [0.1, 0.15) is 21.5 Å². The molecule has 0 atom stereocenters. The molecular weight excluding hydrogens is 458 g/mol. The number of nitrogens with zero attached hydrogens (tertiary/aromatic N) is 5. The molecule has 170 valence electrons. The molecule has 0 bridgehead atoms. The van der Waals surface area contributed by atoms with E-state index in [0.717, 1.165) is 31.7 Å². The van der Waals surface area contributed by atoms with Gasteiger partial charge < -0.3 is 14.2 Å². The third-order valence-electron chi connectivity index (χ3n) is 5.83. The largest absolute Gasteiger partial charge is 0.467 e. The number of rotatable bonds is 4. The predicted octanol–water partition coefficient (Wildman–Crippen LogP) is 2.75. The summed E-state index contributed by atoms with van der Waals surface area (Å²) in [6.45, 7) is 5.45. The van der Waals surface area contributed by atoms with Crippen LogP contribution in [0.2, 0.25) is 0 Å². The monoisotopic (exact) mass is 481 g/mol. The van der Waals surface area contributed by atoms with Gasteiger partial charge in [0, 0.05) is 32.4 Å². The molecule has 2 fully saturated rings. The lowest BCUT2D eigenvalue weighted by molar-refractivity contribution is -0.122. The van der Waals surface area contributed by atoms with Crippen molar-refractivity contribution < 1.29 is 9.21 Å². The number of piperazine rings is 1. The molecule has 0 radical (unpaired) electrons. The molecule has 0 N–H and O–H groups in total. The Bertz CT molecular complexity index is 1320. The van der Waals surface area contributed by atoms with Crippen molar-refractivity contribution in [3.63, 3.8) is 0 Å². The van der Waals surface area contributed by atoms with E-state index in [1.807, 2.05) is 19.1 Å². The quantitative estimate of drug-likeness (QED) is 0.416. The lowest BCUT2D eigenvalue weighted by Gasteiger charge is -2.34. The van der Waals surface area contributed by atoms with E-state index in [0.29, 0.717) is 32.0 Å². The third kappa shape index (κ3) is 4.21. The standard InChI is InChI=1S/C23H23N5O3S2/c1-15-5-6-19-24-20(26-9-7-25(2)8-10-26)17(21(29)27(19)13-15)12-18-22(30)28(23(32)33-18)14-16-4-3-11-31-16/h3-6,11-13H,7-10,14H2,1-2H3. The Kier molecular flexibility index (Phi) is 5.81. The van der Waals surface area contributed by atoms with E-state index < -0.39 is 0 Å². The molecule has 2 aliphatic heterocycles. The van der Waals surface area contributed by atoms with Crippen molar-refractivity contribution in [3.05, 3.63) is 68.9 Å². The molecule has 3 aromatic heterocycles. The van der Waals surface area contributed by atoms with Gasteiger partial charge in [-0.2, -0.15) is 0 Å². The molecule has 5 heterocycles. The highest BCUT2D eigenvalue weighted by molar-refractivity contribution is 8.26. The van der Waals surface area contributed by atoms with Gasteiger partial charge in [-0.1, -0.05) is 30.0 Å². The number of fused-ring (bicyclic) bond motifs is 1. The highest BCUT2D eigenvalue weighted by Gasteiger charge is 2.33. The fourth-order valence-corrected chi connectivity index (χ4v) is 5.20. The maximum atomic E-state index is 13.6. The van der Waals surface area contributed by atoms with Gasteiger partial charge in [0.25, 0.3) is 11.5 Å². The molecule has 33 heavy (non-hydrogen) atoms. The fourth-order valence-electron chi connectivity index (χ4n) is 3.96. The Labute approximate surface area is 200 Å².